The average molecular weight is 948 g/mol. The predicted molar refractivity (Wildman–Crippen MR) is 305 cm³/mol. The van der Waals surface area contributed by atoms with Crippen molar-refractivity contribution < 1.29 is 0 Å². The maximum absolute atomic E-state index is 2.78. The number of para-hydroxylation sites is 1. The van der Waals surface area contributed by atoms with Gasteiger partial charge in [-0.25, -0.2) is 0 Å². The molecule has 0 amide bonds. The monoisotopic (exact) mass is 948 g/mol. The van der Waals surface area contributed by atoms with E-state index in [1.54, 1.807) is 11.1 Å². The fourth-order valence-corrected chi connectivity index (χ4v) is 16.8. The van der Waals surface area contributed by atoms with Crippen LogP contribution < -0.4 is 4.90 Å². The third-order valence-electron chi connectivity index (χ3n) is 20.4. The van der Waals surface area contributed by atoms with E-state index in [1.807, 2.05) is 0 Å². The second-order valence-corrected chi connectivity index (χ2v) is 24.6. The molecule has 0 aliphatic heterocycles. The highest BCUT2D eigenvalue weighted by molar-refractivity contribution is 5.98. The minimum Gasteiger partial charge on any atom is -0.310 e. The lowest BCUT2D eigenvalue weighted by Gasteiger charge is -2.34. The van der Waals surface area contributed by atoms with Gasteiger partial charge in [-0.1, -0.05) is 224 Å². The van der Waals surface area contributed by atoms with E-state index in [4.69, 9.17) is 0 Å². The van der Waals surface area contributed by atoms with E-state index in [0.29, 0.717) is 11.8 Å². The Morgan fingerprint density at radius 3 is 1.32 bits per heavy atom. The van der Waals surface area contributed by atoms with Crippen molar-refractivity contribution in [2.24, 2.45) is 23.7 Å². The summed E-state index contributed by atoms with van der Waals surface area (Å²) < 4.78 is 0. The first kappa shape index (κ1) is 44.1. The van der Waals surface area contributed by atoms with Gasteiger partial charge in [-0.15, -0.1) is 0 Å². The van der Waals surface area contributed by atoms with E-state index < -0.39 is 5.41 Å². The molecule has 8 aromatic carbocycles. The van der Waals surface area contributed by atoms with Crippen LogP contribution in [-0.2, 0) is 10.8 Å². The van der Waals surface area contributed by atoms with Crippen LogP contribution in [0.25, 0.3) is 44.5 Å². The first-order valence-corrected chi connectivity index (χ1v) is 28.6. The number of rotatable bonds is 6. The Balaban J connectivity index is 0.971. The third-order valence-corrected chi connectivity index (χ3v) is 20.4. The molecule has 0 heterocycles. The van der Waals surface area contributed by atoms with Gasteiger partial charge in [-0.2, -0.15) is 0 Å². The van der Waals surface area contributed by atoms with Gasteiger partial charge in [-0.05, 0) is 175 Å². The number of benzene rings is 8. The molecule has 1 spiro atoms. The first-order chi connectivity index (χ1) is 35.9. The second-order valence-electron chi connectivity index (χ2n) is 24.6. The zero-order valence-electron chi connectivity index (χ0n) is 43.1. The van der Waals surface area contributed by atoms with Crippen molar-refractivity contribution in [3.05, 3.63) is 220 Å². The van der Waals surface area contributed by atoms with Crippen molar-refractivity contribution in [1.82, 2.24) is 0 Å². The maximum atomic E-state index is 2.78. The van der Waals surface area contributed by atoms with Gasteiger partial charge in [0.2, 0.25) is 0 Å². The Bertz CT molecular complexity index is 3350. The van der Waals surface area contributed by atoms with Crippen LogP contribution in [0.3, 0.4) is 0 Å². The molecule has 1 heteroatoms. The molecule has 15 rings (SSSR count). The van der Waals surface area contributed by atoms with E-state index in [1.165, 1.54) is 185 Å². The molecule has 4 unspecified atom stereocenters. The molecule has 4 bridgehead atoms. The number of fused-ring (bicyclic) bond motifs is 19. The van der Waals surface area contributed by atoms with Crippen LogP contribution in [0, 0.1) is 23.7 Å². The quantitative estimate of drug-likeness (QED) is 0.161. The molecule has 0 aromatic heterocycles. The molecule has 8 aromatic rings. The summed E-state index contributed by atoms with van der Waals surface area (Å²) in [5, 5.41) is 0. The summed E-state index contributed by atoms with van der Waals surface area (Å²) >= 11 is 0. The summed E-state index contributed by atoms with van der Waals surface area (Å²) in [5.74, 6) is 4.67. The largest absolute Gasteiger partial charge is 0.310 e. The number of hydrogen-bond acceptors (Lipinski definition) is 1. The van der Waals surface area contributed by atoms with Crippen LogP contribution >= 0.6 is 0 Å². The van der Waals surface area contributed by atoms with Crippen LogP contribution in [0.1, 0.15) is 160 Å². The minimum atomic E-state index is -0.452. The van der Waals surface area contributed by atoms with Gasteiger partial charge in [0.05, 0.1) is 11.1 Å². The number of anilines is 3. The molecule has 362 valence electrons. The standard InChI is InChI=1S/C72H69N/c1-71(2)64-23-9-6-21-58(64)60-36-32-55(44-66(60)71)73(70-25-11-8-20-57(70)50-18-4-3-5-19-50)56-33-37-63-59-22-7-10-24-65(59)72(69(63)45-56)67-42-51(53-38-46-14-12-15-47(39-53)27-26-46)30-34-61(67)62-35-31-52(43-68(62)72)54-40-48-16-13-17-49(41-54)29-28-48/h3-11,18-25,30-37,42-49,53-54H,12-17,26-29,38-41H2,1-2H3. The Morgan fingerprint density at radius 2 is 0.753 bits per heavy atom. The molecule has 0 N–H and O–H groups in total. The van der Waals surface area contributed by atoms with Crippen LogP contribution in [0.5, 0.6) is 0 Å². The van der Waals surface area contributed by atoms with Gasteiger partial charge < -0.3 is 4.90 Å². The van der Waals surface area contributed by atoms with Crippen LogP contribution in [0.15, 0.2) is 176 Å². The Hall–Kier alpha value is -6.44. The minimum absolute atomic E-state index is 0.130. The molecule has 1 nitrogen and oxygen atoms in total. The van der Waals surface area contributed by atoms with Gasteiger partial charge in [0.15, 0.2) is 0 Å². The highest BCUT2D eigenvalue weighted by Crippen LogP contribution is 2.65. The van der Waals surface area contributed by atoms with E-state index in [-0.39, 0.29) is 5.41 Å². The lowest BCUT2D eigenvalue weighted by Crippen LogP contribution is -2.27. The fourth-order valence-electron chi connectivity index (χ4n) is 16.8. The smallest absolute Gasteiger partial charge is 0.0726 e. The van der Waals surface area contributed by atoms with Gasteiger partial charge in [0.1, 0.15) is 0 Å². The SMILES string of the molecule is CC1(C)c2ccccc2-c2ccc(N(c3ccc4c(c3)C3(c5ccccc5-4)c4cc(C5CC6CCCC(CC6)C5)ccc4-c4ccc(C5CC6CCCC(CC6)C5)cc43)c3ccccc3-c3ccccc3)cc21. The van der Waals surface area contributed by atoms with Gasteiger partial charge in [0.25, 0.3) is 0 Å². The topological polar surface area (TPSA) is 3.24 Å². The molecule has 0 radical (unpaired) electrons. The number of nitrogens with zero attached hydrogens (tertiary/aromatic N) is 1. The molecule has 7 aliphatic carbocycles. The van der Waals surface area contributed by atoms with Crippen LogP contribution in [0.4, 0.5) is 17.1 Å². The zero-order chi connectivity index (χ0) is 48.4. The zero-order valence-corrected chi connectivity index (χ0v) is 43.1. The third kappa shape index (κ3) is 6.86. The summed E-state index contributed by atoms with van der Waals surface area (Å²) in [7, 11) is 0. The lowest BCUT2D eigenvalue weighted by atomic mass is 9.69. The molecule has 73 heavy (non-hydrogen) atoms. The normalized spacial score (nSPS) is 25.6. The predicted octanol–water partition coefficient (Wildman–Crippen LogP) is 19.6. The van der Waals surface area contributed by atoms with Crippen molar-refractivity contribution in [1.29, 1.82) is 0 Å². The highest BCUT2D eigenvalue weighted by atomic mass is 15.1. The number of hydrogen-bond donors (Lipinski definition) is 0. The molecule has 4 saturated carbocycles. The van der Waals surface area contributed by atoms with Crippen molar-refractivity contribution in [3.8, 4) is 44.5 Å². The van der Waals surface area contributed by atoms with Gasteiger partial charge in [0, 0.05) is 22.4 Å². The van der Waals surface area contributed by atoms with Crippen LogP contribution in [-0.4, -0.2) is 0 Å². The summed E-state index contributed by atoms with van der Waals surface area (Å²) in [5.41, 5.74) is 25.7. The Kier molecular flexibility index (Phi) is 10.3. The molecule has 0 saturated heterocycles. The average Bonchev–Trinajstić information content (AvgIpc) is 3.67. The van der Waals surface area contributed by atoms with Crippen molar-refractivity contribution in [3.63, 3.8) is 0 Å². The van der Waals surface area contributed by atoms with Crippen molar-refractivity contribution in [2.75, 3.05) is 4.90 Å². The Labute approximate surface area is 434 Å². The summed E-state index contributed by atoms with van der Waals surface area (Å²) in [6.45, 7) is 4.83. The van der Waals surface area contributed by atoms with E-state index >= 15 is 0 Å². The van der Waals surface area contributed by atoms with Gasteiger partial charge >= 0.3 is 0 Å². The fraction of sp³-hybridized carbons (Fsp3) is 0.333. The molecule has 7 aliphatic rings. The molecule has 4 atom stereocenters. The van der Waals surface area contributed by atoms with E-state index in [0.717, 1.165) is 23.7 Å². The maximum Gasteiger partial charge on any atom is 0.0726 e. The molecule has 4 fully saturated rings. The first-order valence-electron chi connectivity index (χ1n) is 28.6. The summed E-state index contributed by atoms with van der Waals surface area (Å²) in [6.07, 6.45) is 19.6. The Morgan fingerprint density at radius 1 is 0.342 bits per heavy atom. The molecular weight excluding hydrogens is 879 g/mol. The van der Waals surface area contributed by atoms with E-state index in [9.17, 15) is 0 Å². The van der Waals surface area contributed by atoms with Gasteiger partial charge in [-0.3, -0.25) is 0 Å². The second kappa shape index (κ2) is 17.1. The molecular formula is C72H69N. The lowest BCUT2D eigenvalue weighted by molar-refractivity contribution is 0.357. The highest BCUT2D eigenvalue weighted by Gasteiger charge is 2.53. The van der Waals surface area contributed by atoms with E-state index in [2.05, 4.69) is 195 Å². The summed E-state index contributed by atoms with van der Waals surface area (Å²) in [4.78, 5) is 2.61. The van der Waals surface area contributed by atoms with Crippen molar-refractivity contribution >= 4 is 17.1 Å². The van der Waals surface area contributed by atoms with Crippen molar-refractivity contribution in [2.45, 2.75) is 126 Å². The van der Waals surface area contributed by atoms with Crippen LogP contribution in [0.2, 0.25) is 0 Å². The summed E-state index contributed by atoms with van der Waals surface area (Å²) in [6, 6.07) is 69.7.